The van der Waals surface area contributed by atoms with E-state index in [1.165, 1.54) is 0 Å². The van der Waals surface area contributed by atoms with Gasteiger partial charge in [0.1, 0.15) is 5.82 Å². The quantitative estimate of drug-likeness (QED) is 0.891. The molecule has 0 aromatic heterocycles. The summed E-state index contributed by atoms with van der Waals surface area (Å²) in [5.41, 5.74) is 7.31. The van der Waals surface area contributed by atoms with Crippen LogP contribution >= 0.6 is 0 Å². The van der Waals surface area contributed by atoms with Gasteiger partial charge in [0, 0.05) is 32.2 Å². The Morgan fingerprint density at radius 3 is 2.44 bits per heavy atom. The Balaban J connectivity index is 2.10. The van der Waals surface area contributed by atoms with Crippen LogP contribution in [0.3, 0.4) is 0 Å². The van der Waals surface area contributed by atoms with E-state index >= 15 is 0 Å². The normalized spacial score (nSPS) is 19.0. The van der Waals surface area contributed by atoms with Gasteiger partial charge in [0.15, 0.2) is 0 Å². The third-order valence-corrected chi connectivity index (χ3v) is 3.66. The lowest BCUT2D eigenvalue weighted by molar-refractivity contribution is 0.270. The van der Waals surface area contributed by atoms with Gasteiger partial charge < -0.3 is 15.5 Å². The molecule has 1 fully saturated rings. The molecule has 1 aliphatic rings. The van der Waals surface area contributed by atoms with Crippen molar-refractivity contribution in [1.29, 1.82) is 0 Å². The first-order chi connectivity index (χ1) is 8.61. The van der Waals surface area contributed by atoms with Crippen molar-refractivity contribution < 1.29 is 4.39 Å². The number of nitrogens with zero attached hydrogens (tertiary/aromatic N) is 2. The van der Waals surface area contributed by atoms with Crippen molar-refractivity contribution in [2.24, 2.45) is 5.73 Å². The fraction of sp³-hybridized carbons (Fsp3) is 0.571. The molecule has 1 aromatic rings. The second-order valence-electron chi connectivity index (χ2n) is 4.92. The molecule has 1 aromatic carbocycles. The van der Waals surface area contributed by atoms with Crippen molar-refractivity contribution in [2.75, 3.05) is 37.6 Å². The predicted molar refractivity (Wildman–Crippen MR) is 73.3 cm³/mol. The molecule has 18 heavy (non-hydrogen) atoms. The Morgan fingerprint density at radius 1 is 1.28 bits per heavy atom. The van der Waals surface area contributed by atoms with Crippen LogP contribution in [0.4, 0.5) is 10.1 Å². The van der Waals surface area contributed by atoms with Gasteiger partial charge in [0.05, 0.1) is 5.69 Å². The number of likely N-dealkylation sites (N-methyl/N-ethyl adjacent to an activating group) is 1. The number of benzene rings is 1. The van der Waals surface area contributed by atoms with Crippen molar-refractivity contribution in [3.8, 4) is 0 Å². The van der Waals surface area contributed by atoms with Gasteiger partial charge in [0.25, 0.3) is 0 Å². The largest absolute Gasteiger partial charge is 0.367 e. The fourth-order valence-electron chi connectivity index (χ4n) is 2.37. The maximum absolute atomic E-state index is 14.1. The van der Waals surface area contributed by atoms with E-state index in [-0.39, 0.29) is 11.9 Å². The Bertz CT molecular complexity index is 398. The molecule has 1 heterocycles. The number of nitrogens with two attached hydrogens (primary N) is 1. The standard InChI is InChI=1S/C14H22FN3/c1-3-17-6-8-18(9-7-17)14-5-4-12(11(2)16)10-13(14)15/h4-5,10-11H,3,6-9,16H2,1-2H3/t11-/m1/s1. The molecule has 0 amide bonds. The van der Waals surface area contributed by atoms with Crippen molar-refractivity contribution in [3.63, 3.8) is 0 Å². The molecular formula is C14H22FN3. The molecule has 1 saturated heterocycles. The minimum atomic E-state index is -0.158. The Hall–Kier alpha value is -1.13. The zero-order valence-electron chi connectivity index (χ0n) is 11.2. The molecule has 100 valence electrons. The summed E-state index contributed by atoms with van der Waals surface area (Å²) in [6.45, 7) is 8.89. The van der Waals surface area contributed by atoms with E-state index < -0.39 is 0 Å². The number of hydrogen-bond acceptors (Lipinski definition) is 3. The molecular weight excluding hydrogens is 229 g/mol. The average Bonchev–Trinajstić information content (AvgIpc) is 2.38. The summed E-state index contributed by atoms with van der Waals surface area (Å²) in [7, 11) is 0. The molecule has 0 unspecified atom stereocenters. The zero-order valence-corrected chi connectivity index (χ0v) is 11.2. The topological polar surface area (TPSA) is 32.5 Å². The van der Waals surface area contributed by atoms with E-state index in [9.17, 15) is 4.39 Å². The summed E-state index contributed by atoms with van der Waals surface area (Å²) >= 11 is 0. The van der Waals surface area contributed by atoms with Gasteiger partial charge >= 0.3 is 0 Å². The molecule has 0 aliphatic carbocycles. The minimum absolute atomic E-state index is 0.120. The SMILES string of the molecule is CCN1CCN(c2ccc([C@@H](C)N)cc2F)CC1. The summed E-state index contributed by atoms with van der Waals surface area (Å²) in [4.78, 5) is 4.50. The van der Waals surface area contributed by atoms with Crippen LogP contribution in [-0.2, 0) is 0 Å². The van der Waals surface area contributed by atoms with Gasteiger partial charge in [-0.3, -0.25) is 0 Å². The van der Waals surface area contributed by atoms with Gasteiger partial charge in [-0.2, -0.15) is 0 Å². The van der Waals surface area contributed by atoms with Gasteiger partial charge in [-0.25, -0.2) is 4.39 Å². The van der Waals surface area contributed by atoms with Gasteiger partial charge in [0.2, 0.25) is 0 Å². The third kappa shape index (κ3) is 2.82. The lowest BCUT2D eigenvalue weighted by Crippen LogP contribution is -2.46. The molecule has 0 radical (unpaired) electrons. The minimum Gasteiger partial charge on any atom is -0.367 e. The van der Waals surface area contributed by atoms with E-state index in [1.54, 1.807) is 6.07 Å². The summed E-state index contributed by atoms with van der Waals surface area (Å²) in [5, 5.41) is 0. The van der Waals surface area contributed by atoms with Crippen molar-refractivity contribution in [3.05, 3.63) is 29.6 Å². The van der Waals surface area contributed by atoms with Crippen molar-refractivity contribution in [1.82, 2.24) is 4.90 Å². The van der Waals surface area contributed by atoms with Crippen LogP contribution in [0.5, 0.6) is 0 Å². The highest BCUT2D eigenvalue weighted by molar-refractivity contribution is 5.50. The van der Waals surface area contributed by atoms with Crippen LogP contribution < -0.4 is 10.6 Å². The van der Waals surface area contributed by atoms with E-state index in [0.717, 1.165) is 38.3 Å². The highest BCUT2D eigenvalue weighted by Crippen LogP contribution is 2.23. The van der Waals surface area contributed by atoms with E-state index in [4.69, 9.17) is 5.73 Å². The maximum atomic E-state index is 14.1. The van der Waals surface area contributed by atoms with Crippen LogP contribution in [0, 0.1) is 5.82 Å². The molecule has 1 aliphatic heterocycles. The van der Waals surface area contributed by atoms with E-state index in [0.29, 0.717) is 5.69 Å². The molecule has 2 rings (SSSR count). The first-order valence-corrected chi connectivity index (χ1v) is 6.64. The summed E-state index contributed by atoms with van der Waals surface area (Å²) < 4.78 is 14.1. The first kappa shape index (κ1) is 13.3. The van der Waals surface area contributed by atoms with Crippen LogP contribution in [0.1, 0.15) is 25.5 Å². The maximum Gasteiger partial charge on any atom is 0.146 e. The zero-order chi connectivity index (χ0) is 13.1. The molecule has 0 bridgehead atoms. The predicted octanol–water partition coefficient (Wildman–Crippen LogP) is 1.99. The van der Waals surface area contributed by atoms with Crippen LogP contribution in [0.2, 0.25) is 0 Å². The summed E-state index contributed by atoms with van der Waals surface area (Å²) in [6.07, 6.45) is 0. The summed E-state index contributed by atoms with van der Waals surface area (Å²) in [5.74, 6) is -0.158. The molecule has 3 nitrogen and oxygen atoms in total. The number of halogens is 1. The van der Waals surface area contributed by atoms with Gasteiger partial charge in [-0.15, -0.1) is 0 Å². The second kappa shape index (κ2) is 5.67. The Labute approximate surface area is 108 Å². The van der Waals surface area contributed by atoms with Crippen LogP contribution in [-0.4, -0.2) is 37.6 Å². The smallest absolute Gasteiger partial charge is 0.146 e. The number of rotatable bonds is 3. The monoisotopic (exact) mass is 251 g/mol. The van der Waals surface area contributed by atoms with Crippen LogP contribution in [0.15, 0.2) is 18.2 Å². The number of hydrogen-bond donors (Lipinski definition) is 1. The van der Waals surface area contributed by atoms with E-state index in [2.05, 4.69) is 16.7 Å². The molecule has 1 atom stereocenters. The summed E-state index contributed by atoms with van der Waals surface area (Å²) in [6, 6.07) is 5.22. The lowest BCUT2D eigenvalue weighted by atomic mass is 10.1. The fourth-order valence-corrected chi connectivity index (χ4v) is 2.37. The highest BCUT2D eigenvalue weighted by Gasteiger charge is 2.18. The van der Waals surface area contributed by atoms with Crippen molar-refractivity contribution in [2.45, 2.75) is 19.9 Å². The lowest BCUT2D eigenvalue weighted by Gasteiger charge is -2.35. The van der Waals surface area contributed by atoms with Gasteiger partial charge in [-0.1, -0.05) is 13.0 Å². The number of anilines is 1. The Kier molecular flexibility index (Phi) is 4.19. The third-order valence-electron chi connectivity index (χ3n) is 3.66. The van der Waals surface area contributed by atoms with Gasteiger partial charge in [-0.05, 0) is 31.2 Å². The second-order valence-corrected chi connectivity index (χ2v) is 4.92. The first-order valence-electron chi connectivity index (χ1n) is 6.64. The molecule has 4 heteroatoms. The number of piperazine rings is 1. The van der Waals surface area contributed by atoms with E-state index in [1.807, 2.05) is 19.1 Å². The highest BCUT2D eigenvalue weighted by atomic mass is 19.1. The van der Waals surface area contributed by atoms with Crippen LogP contribution in [0.25, 0.3) is 0 Å². The molecule has 0 saturated carbocycles. The molecule has 0 spiro atoms. The average molecular weight is 251 g/mol. The Morgan fingerprint density at radius 2 is 1.94 bits per heavy atom. The van der Waals surface area contributed by atoms with Crippen molar-refractivity contribution >= 4 is 5.69 Å². The molecule has 2 N–H and O–H groups in total.